The van der Waals surface area contributed by atoms with Crippen LogP contribution >= 0.6 is 0 Å². The van der Waals surface area contributed by atoms with E-state index in [1.165, 1.54) is 0 Å². The van der Waals surface area contributed by atoms with E-state index in [4.69, 9.17) is 4.52 Å². The molecule has 0 saturated carbocycles. The van der Waals surface area contributed by atoms with E-state index in [1.54, 1.807) is 6.07 Å². The van der Waals surface area contributed by atoms with E-state index >= 15 is 0 Å². The topological polar surface area (TPSA) is 55.1 Å². The number of nitrogens with zero attached hydrogens (tertiary/aromatic N) is 1. The summed E-state index contributed by atoms with van der Waals surface area (Å²) in [6, 6.07) is 1.74. The molecule has 0 spiro atoms. The number of piperidine rings is 1. The van der Waals surface area contributed by atoms with Crippen LogP contribution in [0, 0.1) is 0 Å². The van der Waals surface area contributed by atoms with Gasteiger partial charge in [-0.25, -0.2) is 0 Å². The molecule has 1 aliphatic rings. The highest BCUT2D eigenvalue weighted by Crippen LogP contribution is 2.25. The highest BCUT2D eigenvalue weighted by atomic mass is 16.5. The van der Waals surface area contributed by atoms with E-state index in [0.29, 0.717) is 17.9 Å². The second kappa shape index (κ2) is 3.70. The van der Waals surface area contributed by atoms with Gasteiger partial charge in [0.25, 0.3) is 0 Å². The van der Waals surface area contributed by atoms with Crippen molar-refractivity contribution in [2.75, 3.05) is 13.1 Å². The largest absolute Gasteiger partial charge is 0.360 e. The zero-order chi connectivity index (χ0) is 9.10. The molecule has 1 aliphatic heterocycles. The third-order valence-electron chi connectivity index (χ3n) is 2.41. The lowest BCUT2D eigenvalue weighted by Crippen LogP contribution is -2.26. The Labute approximate surface area is 76.3 Å². The first-order valence-corrected chi connectivity index (χ1v) is 4.52. The van der Waals surface area contributed by atoms with Crippen LogP contribution in [0.1, 0.15) is 35.0 Å². The molecule has 4 nitrogen and oxygen atoms in total. The first-order valence-electron chi connectivity index (χ1n) is 4.52. The van der Waals surface area contributed by atoms with Gasteiger partial charge in [0.05, 0.1) is 0 Å². The van der Waals surface area contributed by atoms with Crippen molar-refractivity contribution in [2.45, 2.75) is 18.8 Å². The number of carbonyl (C=O) groups is 1. The Morgan fingerprint density at radius 1 is 1.54 bits per heavy atom. The smallest absolute Gasteiger partial charge is 0.171 e. The Bertz CT molecular complexity index is 290. The highest BCUT2D eigenvalue weighted by molar-refractivity contribution is 5.71. The monoisotopic (exact) mass is 180 g/mol. The summed E-state index contributed by atoms with van der Waals surface area (Å²) >= 11 is 0. The van der Waals surface area contributed by atoms with Crippen LogP contribution in [0.25, 0.3) is 0 Å². The van der Waals surface area contributed by atoms with Crippen LogP contribution in [-0.4, -0.2) is 24.5 Å². The van der Waals surface area contributed by atoms with E-state index in [1.807, 2.05) is 0 Å². The fraction of sp³-hybridized carbons (Fsp3) is 0.556. The van der Waals surface area contributed by atoms with Crippen LogP contribution in [0.2, 0.25) is 0 Å². The molecule has 0 amide bonds. The number of aromatic nitrogens is 1. The molecule has 70 valence electrons. The molecule has 2 heterocycles. The third-order valence-corrected chi connectivity index (χ3v) is 2.41. The van der Waals surface area contributed by atoms with Crippen molar-refractivity contribution in [3.05, 3.63) is 17.5 Å². The van der Waals surface area contributed by atoms with Crippen molar-refractivity contribution in [1.29, 1.82) is 0 Å². The lowest BCUT2D eigenvalue weighted by molar-refractivity contribution is 0.111. The Hall–Kier alpha value is -1.16. The lowest BCUT2D eigenvalue weighted by atomic mass is 9.95. The molecule has 0 bridgehead atoms. The summed E-state index contributed by atoms with van der Waals surface area (Å²) in [5, 5.41) is 6.92. The van der Waals surface area contributed by atoms with Gasteiger partial charge in [0, 0.05) is 12.0 Å². The number of aldehydes is 1. The van der Waals surface area contributed by atoms with Crippen LogP contribution in [0.15, 0.2) is 10.6 Å². The van der Waals surface area contributed by atoms with Gasteiger partial charge in [0.15, 0.2) is 6.29 Å². The number of hydrogen-bond acceptors (Lipinski definition) is 4. The van der Waals surface area contributed by atoms with Crippen molar-refractivity contribution in [1.82, 2.24) is 10.5 Å². The van der Waals surface area contributed by atoms with E-state index in [0.717, 1.165) is 31.7 Å². The van der Waals surface area contributed by atoms with Crippen LogP contribution in [0.5, 0.6) is 0 Å². The average molecular weight is 180 g/mol. The van der Waals surface area contributed by atoms with E-state index in [9.17, 15) is 4.79 Å². The lowest BCUT2D eigenvalue weighted by Gasteiger charge is -2.19. The van der Waals surface area contributed by atoms with Crippen molar-refractivity contribution in [3.63, 3.8) is 0 Å². The summed E-state index contributed by atoms with van der Waals surface area (Å²) < 4.78 is 5.09. The molecule has 0 aliphatic carbocycles. The van der Waals surface area contributed by atoms with Crippen LogP contribution in [0.3, 0.4) is 0 Å². The zero-order valence-electron chi connectivity index (χ0n) is 7.32. The maximum Gasteiger partial charge on any atom is 0.171 e. The molecule has 0 aromatic carbocycles. The predicted molar refractivity (Wildman–Crippen MR) is 46.7 cm³/mol. The highest BCUT2D eigenvalue weighted by Gasteiger charge is 2.19. The van der Waals surface area contributed by atoms with Gasteiger partial charge in [-0.2, -0.15) is 0 Å². The van der Waals surface area contributed by atoms with Crippen LogP contribution in [-0.2, 0) is 0 Å². The molecule has 1 fully saturated rings. The molecule has 1 aromatic heterocycles. The summed E-state index contributed by atoms with van der Waals surface area (Å²) in [6.45, 7) is 2.03. The Morgan fingerprint density at radius 3 is 2.92 bits per heavy atom. The summed E-state index contributed by atoms with van der Waals surface area (Å²) in [7, 11) is 0. The molecule has 1 aromatic rings. The van der Waals surface area contributed by atoms with Crippen molar-refractivity contribution in [3.8, 4) is 0 Å². The zero-order valence-corrected chi connectivity index (χ0v) is 7.32. The quantitative estimate of drug-likeness (QED) is 0.688. The van der Waals surface area contributed by atoms with Gasteiger partial charge in [-0.15, -0.1) is 0 Å². The minimum atomic E-state index is 0.397. The predicted octanol–water partition coefficient (Wildman–Crippen LogP) is 0.954. The minimum Gasteiger partial charge on any atom is -0.360 e. The number of hydrogen-bond donors (Lipinski definition) is 1. The van der Waals surface area contributed by atoms with Gasteiger partial charge in [0.1, 0.15) is 11.5 Å². The van der Waals surface area contributed by atoms with Gasteiger partial charge in [0.2, 0.25) is 0 Å². The Balaban J connectivity index is 2.09. The Kier molecular flexibility index (Phi) is 2.40. The molecule has 4 heteroatoms. The van der Waals surface area contributed by atoms with E-state index in [2.05, 4.69) is 10.5 Å². The third kappa shape index (κ3) is 1.78. The van der Waals surface area contributed by atoms with Crippen molar-refractivity contribution in [2.24, 2.45) is 0 Å². The number of rotatable bonds is 2. The van der Waals surface area contributed by atoms with Gasteiger partial charge in [-0.3, -0.25) is 4.79 Å². The Morgan fingerprint density at radius 2 is 2.31 bits per heavy atom. The minimum absolute atomic E-state index is 0.397. The molecule has 1 saturated heterocycles. The first-order chi connectivity index (χ1) is 6.40. The SMILES string of the molecule is O=Cc1cc(C2CCNCC2)on1. The second-order valence-electron chi connectivity index (χ2n) is 3.30. The fourth-order valence-corrected chi connectivity index (χ4v) is 1.66. The van der Waals surface area contributed by atoms with Crippen LogP contribution < -0.4 is 5.32 Å². The maximum atomic E-state index is 10.4. The molecule has 0 radical (unpaired) electrons. The number of nitrogens with one attached hydrogen (secondary N) is 1. The van der Waals surface area contributed by atoms with Gasteiger partial charge >= 0.3 is 0 Å². The molecule has 0 atom stereocenters. The summed E-state index contributed by atoms with van der Waals surface area (Å²) in [4.78, 5) is 10.4. The van der Waals surface area contributed by atoms with Crippen molar-refractivity contribution >= 4 is 6.29 Å². The van der Waals surface area contributed by atoms with Gasteiger partial charge in [-0.05, 0) is 25.9 Å². The molecule has 1 N–H and O–H groups in total. The molecular formula is C9H12N2O2. The fourth-order valence-electron chi connectivity index (χ4n) is 1.66. The second-order valence-corrected chi connectivity index (χ2v) is 3.30. The first kappa shape index (κ1) is 8.44. The van der Waals surface area contributed by atoms with Gasteiger partial charge in [-0.1, -0.05) is 5.16 Å². The van der Waals surface area contributed by atoms with Crippen molar-refractivity contribution < 1.29 is 9.32 Å². The van der Waals surface area contributed by atoms with E-state index in [-0.39, 0.29) is 0 Å². The molecular weight excluding hydrogens is 168 g/mol. The average Bonchev–Trinajstić information content (AvgIpc) is 2.67. The standard InChI is InChI=1S/C9H12N2O2/c12-6-8-5-9(13-11-8)7-1-3-10-4-2-7/h5-7,10H,1-4H2. The van der Waals surface area contributed by atoms with E-state index < -0.39 is 0 Å². The van der Waals surface area contributed by atoms with Crippen LogP contribution in [0.4, 0.5) is 0 Å². The molecule has 13 heavy (non-hydrogen) atoms. The summed E-state index contributed by atoms with van der Waals surface area (Å²) in [5.41, 5.74) is 0.397. The summed E-state index contributed by atoms with van der Waals surface area (Å²) in [6.07, 6.45) is 2.84. The molecule has 0 unspecified atom stereocenters. The maximum absolute atomic E-state index is 10.4. The number of carbonyl (C=O) groups excluding carboxylic acids is 1. The molecule has 2 rings (SSSR count). The van der Waals surface area contributed by atoms with Gasteiger partial charge < -0.3 is 9.84 Å². The summed E-state index contributed by atoms with van der Waals surface area (Å²) in [5.74, 6) is 1.28. The normalized spacial score (nSPS) is 18.8.